The average Bonchev–Trinajstić information content (AvgIpc) is 3.45. The van der Waals surface area contributed by atoms with E-state index in [1.807, 2.05) is 0 Å². The molecule has 0 spiro atoms. The predicted octanol–water partition coefficient (Wildman–Crippen LogP) is 2.77. The van der Waals surface area contributed by atoms with E-state index in [4.69, 9.17) is 0 Å². The fraction of sp³-hybridized carbons (Fsp3) is 0.158. The van der Waals surface area contributed by atoms with E-state index in [0.717, 1.165) is 18.4 Å². The summed E-state index contributed by atoms with van der Waals surface area (Å²) >= 11 is 0. The lowest BCUT2D eigenvalue weighted by Gasteiger charge is -2.11. The molecule has 1 aromatic heterocycles. The molecule has 0 unspecified atom stereocenters. The molecule has 0 atom stereocenters. The van der Waals surface area contributed by atoms with Crippen molar-refractivity contribution >= 4 is 28.5 Å². The van der Waals surface area contributed by atoms with E-state index in [1.165, 1.54) is 0 Å². The fourth-order valence-electron chi connectivity index (χ4n) is 2.58. The summed E-state index contributed by atoms with van der Waals surface area (Å²) in [6, 6.07) is 12.4. The first-order valence-corrected chi connectivity index (χ1v) is 8.13. The van der Waals surface area contributed by atoms with E-state index < -0.39 is 0 Å². The number of benzene rings is 2. The molecule has 124 valence electrons. The molecule has 6 nitrogen and oxygen atoms in total. The van der Waals surface area contributed by atoms with Crippen LogP contribution < -0.4 is 10.6 Å². The van der Waals surface area contributed by atoms with Gasteiger partial charge in [-0.1, -0.05) is 12.1 Å². The van der Waals surface area contributed by atoms with Gasteiger partial charge in [0.15, 0.2) is 0 Å². The van der Waals surface area contributed by atoms with Crippen LogP contribution >= 0.6 is 0 Å². The number of anilines is 1. The molecule has 0 radical (unpaired) electrons. The number of carbonyl (C=O) groups excluding carboxylic acids is 2. The van der Waals surface area contributed by atoms with Crippen molar-refractivity contribution in [2.24, 2.45) is 0 Å². The molecular formula is C19H16N4O2. The highest BCUT2D eigenvalue weighted by atomic mass is 16.2. The normalized spacial score (nSPS) is 13.4. The van der Waals surface area contributed by atoms with Crippen LogP contribution in [-0.2, 0) is 0 Å². The van der Waals surface area contributed by atoms with Gasteiger partial charge < -0.3 is 10.6 Å². The summed E-state index contributed by atoms with van der Waals surface area (Å²) in [7, 11) is 0. The van der Waals surface area contributed by atoms with Gasteiger partial charge in [-0.3, -0.25) is 19.6 Å². The van der Waals surface area contributed by atoms with Gasteiger partial charge in [-0.15, -0.1) is 0 Å². The predicted molar refractivity (Wildman–Crippen MR) is 94.4 cm³/mol. The van der Waals surface area contributed by atoms with Gasteiger partial charge in [-0.2, -0.15) is 0 Å². The van der Waals surface area contributed by atoms with Gasteiger partial charge in [0.2, 0.25) is 0 Å². The Hall–Kier alpha value is -3.28. The Bertz CT molecular complexity index is 966. The third kappa shape index (κ3) is 3.33. The van der Waals surface area contributed by atoms with E-state index in [1.54, 1.807) is 54.9 Å². The van der Waals surface area contributed by atoms with Crippen LogP contribution in [0.1, 0.15) is 33.6 Å². The van der Waals surface area contributed by atoms with E-state index >= 15 is 0 Å². The van der Waals surface area contributed by atoms with E-state index in [0.29, 0.717) is 22.3 Å². The van der Waals surface area contributed by atoms with E-state index in [-0.39, 0.29) is 17.9 Å². The first kappa shape index (κ1) is 15.3. The zero-order valence-corrected chi connectivity index (χ0v) is 13.4. The van der Waals surface area contributed by atoms with Crippen LogP contribution in [0.4, 0.5) is 5.69 Å². The molecule has 1 fully saturated rings. The number of hydrogen-bond donors (Lipinski definition) is 2. The van der Waals surface area contributed by atoms with Gasteiger partial charge in [-0.05, 0) is 43.2 Å². The maximum absolute atomic E-state index is 12.6. The van der Waals surface area contributed by atoms with Crippen LogP contribution in [-0.4, -0.2) is 27.8 Å². The SMILES string of the molecule is O=C(Nc1ccccc1C(=O)NC1CC1)c1ccc2nccnc2c1. The number of amides is 2. The Balaban J connectivity index is 1.58. The highest BCUT2D eigenvalue weighted by molar-refractivity contribution is 6.09. The van der Waals surface area contributed by atoms with Crippen molar-refractivity contribution in [2.75, 3.05) is 5.32 Å². The van der Waals surface area contributed by atoms with Crippen molar-refractivity contribution in [3.05, 3.63) is 66.0 Å². The minimum atomic E-state index is -0.292. The Kier molecular flexibility index (Phi) is 3.85. The Labute approximate surface area is 144 Å². The second-order valence-electron chi connectivity index (χ2n) is 6.01. The highest BCUT2D eigenvalue weighted by Crippen LogP contribution is 2.22. The molecule has 1 aliphatic carbocycles. The molecule has 1 saturated carbocycles. The van der Waals surface area contributed by atoms with E-state index in [2.05, 4.69) is 20.6 Å². The summed E-state index contributed by atoms with van der Waals surface area (Å²) in [6.45, 7) is 0. The van der Waals surface area contributed by atoms with Crippen molar-refractivity contribution < 1.29 is 9.59 Å². The third-order valence-corrected chi connectivity index (χ3v) is 4.06. The monoisotopic (exact) mass is 332 g/mol. The van der Waals surface area contributed by atoms with Gasteiger partial charge >= 0.3 is 0 Å². The minimum absolute atomic E-state index is 0.164. The lowest BCUT2D eigenvalue weighted by Crippen LogP contribution is -2.27. The van der Waals surface area contributed by atoms with Crippen molar-refractivity contribution in [3.8, 4) is 0 Å². The molecule has 2 N–H and O–H groups in total. The second-order valence-corrected chi connectivity index (χ2v) is 6.01. The number of hydrogen-bond acceptors (Lipinski definition) is 4. The molecule has 4 rings (SSSR count). The topological polar surface area (TPSA) is 84.0 Å². The van der Waals surface area contributed by atoms with Crippen LogP contribution in [0.5, 0.6) is 0 Å². The van der Waals surface area contributed by atoms with Crippen LogP contribution in [0.3, 0.4) is 0 Å². The number of nitrogens with zero attached hydrogens (tertiary/aromatic N) is 2. The van der Waals surface area contributed by atoms with Crippen molar-refractivity contribution in [1.82, 2.24) is 15.3 Å². The molecule has 1 heterocycles. The zero-order valence-electron chi connectivity index (χ0n) is 13.4. The summed E-state index contributed by atoms with van der Waals surface area (Å²) in [5, 5.41) is 5.76. The summed E-state index contributed by atoms with van der Waals surface area (Å²) in [5.74, 6) is -0.456. The molecule has 1 aliphatic rings. The van der Waals surface area contributed by atoms with Gasteiger partial charge in [-0.25, -0.2) is 0 Å². The Morgan fingerprint density at radius 1 is 0.920 bits per heavy atom. The zero-order chi connectivity index (χ0) is 17.2. The average molecular weight is 332 g/mol. The molecule has 25 heavy (non-hydrogen) atoms. The molecular weight excluding hydrogens is 316 g/mol. The number of carbonyl (C=O) groups is 2. The number of aromatic nitrogens is 2. The van der Waals surface area contributed by atoms with Crippen molar-refractivity contribution in [1.29, 1.82) is 0 Å². The van der Waals surface area contributed by atoms with Crippen molar-refractivity contribution in [3.63, 3.8) is 0 Å². The van der Waals surface area contributed by atoms with Gasteiger partial charge in [0.1, 0.15) is 0 Å². The second kappa shape index (κ2) is 6.32. The smallest absolute Gasteiger partial charge is 0.255 e. The lowest BCUT2D eigenvalue weighted by atomic mass is 10.1. The summed E-state index contributed by atoms with van der Waals surface area (Å²) in [5.41, 5.74) is 2.79. The fourth-order valence-corrected chi connectivity index (χ4v) is 2.58. The molecule has 2 aromatic carbocycles. The van der Waals surface area contributed by atoms with Crippen LogP contribution in [0, 0.1) is 0 Å². The Morgan fingerprint density at radius 2 is 1.68 bits per heavy atom. The number of para-hydroxylation sites is 1. The maximum Gasteiger partial charge on any atom is 0.255 e. The molecule has 3 aromatic rings. The van der Waals surface area contributed by atoms with Crippen molar-refractivity contribution in [2.45, 2.75) is 18.9 Å². The molecule has 0 saturated heterocycles. The first-order valence-electron chi connectivity index (χ1n) is 8.13. The quantitative estimate of drug-likeness (QED) is 0.769. The van der Waals surface area contributed by atoms with Gasteiger partial charge in [0, 0.05) is 24.0 Å². The third-order valence-electron chi connectivity index (χ3n) is 4.06. The van der Waals surface area contributed by atoms with E-state index in [9.17, 15) is 9.59 Å². The number of rotatable bonds is 4. The standard InChI is InChI=1S/C19H16N4O2/c24-18(12-5-8-16-17(11-12)21-10-9-20-16)23-15-4-2-1-3-14(15)19(25)22-13-6-7-13/h1-5,8-11,13H,6-7H2,(H,22,25)(H,23,24). The summed E-state index contributed by atoms with van der Waals surface area (Å²) in [4.78, 5) is 33.3. The highest BCUT2D eigenvalue weighted by Gasteiger charge is 2.25. The molecule has 6 heteroatoms. The molecule has 2 amide bonds. The Morgan fingerprint density at radius 3 is 2.48 bits per heavy atom. The van der Waals surface area contributed by atoms with Crippen LogP contribution in [0.25, 0.3) is 11.0 Å². The summed E-state index contributed by atoms with van der Waals surface area (Å²) in [6.07, 6.45) is 5.22. The first-order chi connectivity index (χ1) is 12.2. The summed E-state index contributed by atoms with van der Waals surface area (Å²) < 4.78 is 0. The van der Waals surface area contributed by atoms with Gasteiger partial charge in [0.05, 0.1) is 22.3 Å². The maximum atomic E-state index is 12.6. The minimum Gasteiger partial charge on any atom is -0.349 e. The van der Waals surface area contributed by atoms with Gasteiger partial charge in [0.25, 0.3) is 11.8 Å². The number of fused-ring (bicyclic) bond motifs is 1. The molecule has 0 aliphatic heterocycles. The largest absolute Gasteiger partial charge is 0.349 e. The number of nitrogens with one attached hydrogen (secondary N) is 2. The molecule has 0 bridgehead atoms. The lowest BCUT2D eigenvalue weighted by molar-refractivity contribution is 0.0952. The van der Waals surface area contributed by atoms with Crippen LogP contribution in [0.2, 0.25) is 0 Å². The van der Waals surface area contributed by atoms with Crippen LogP contribution in [0.15, 0.2) is 54.9 Å².